The van der Waals surface area contributed by atoms with Gasteiger partial charge in [0.2, 0.25) is 0 Å². The lowest BCUT2D eigenvalue weighted by Crippen LogP contribution is -2.05. The number of thiazole rings is 1. The quantitative estimate of drug-likeness (QED) is 0.661. The number of halogens is 2. The second-order valence-corrected chi connectivity index (χ2v) is 4.15. The van der Waals surface area contributed by atoms with Crippen molar-refractivity contribution < 1.29 is 0 Å². The van der Waals surface area contributed by atoms with Crippen LogP contribution in [0.2, 0.25) is 5.02 Å². The molecule has 0 unspecified atom stereocenters. The largest absolute Gasteiger partial charge is 0.300 e. The monoisotopic (exact) mass is 305 g/mol. The maximum absolute atomic E-state index is 5.79. The van der Waals surface area contributed by atoms with E-state index in [1.54, 1.807) is 6.20 Å². The van der Waals surface area contributed by atoms with Crippen molar-refractivity contribution in [3.63, 3.8) is 0 Å². The number of nitrogens with one attached hydrogen (secondary N) is 1. The number of rotatable bonds is 2. The van der Waals surface area contributed by atoms with Gasteiger partial charge in [-0.15, -0.1) is 17.0 Å². The topological polar surface area (TPSA) is 50.9 Å². The van der Waals surface area contributed by atoms with Gasteiger partial charge in [0.15, 0.2) is 5.13 Å². The fourth-order valence-corrected chi connectivity index (χ4v) is 1.95. The molecule has 0 atom stereocenters. The molecule has 2 aromatic rings. The van der Waals surface area contributed by atoms with E-state index < -0.39 is 0 Å². The molecule has 1 heterocycles. The van der Waals surface area contributed by atoms with Crippen LogP contribution in [-0.4, -0.2) is 4.98 Å². The Morgan fingerprint density at radius 1 is 1.27 bits per heavy atom. The predicted molar refractivity (Wildman–Crippen MR) is 70.7 cm³/mol. The van der Waals surface area contributed by atoms with Crippen LogP contribution in [0, 0.1) is 0 Å². The molecule has 6 heteroatoms. The first-order chi connectivity index (χ1) is 6.79. The SMILES string of the molecule is Br.NNc1ncc(-c2ccc(Cl)cc2)s1. The van der Waals surface area contributed by atoms with Crippen LogP contribution in [0.15, 0.2) is 30.5 Å². The van der Waals surface area contributed by atoms with Crippen LogP contribution in [-0.2, 0) is 0 Å². The summed E-state index contributed by atoms with van der Waals surface area (Å²) in [4.78, 5) is 5.15. The standard InChI is InChI=1S/C9H8ClN3S.BrH/c10-7-3-1-6(2-4-7)8-5-12-9(13-11)14-8;/h1-5H,11H2,(H,12,13);1H. The van der Waals surface area contributed by atoms with Gasteiger partial charge in [-0.1, -0.05) is 35.1 Å². The van der Waals surface area contributed by atoms with Gasteiger partial charge in [-0.2, -0.15) is 0 Å². The molecule has 80 valence electrons. The van der Waals surface area contributed by atoms with Crippen LogP contribution in [0.4, 0.5) is 5.13 Å². The fourth-order valence-electron chi connectivity index (χ4n) is 1.09. The average Bonchev–Trinajstić information content (AvgIpc) is 2.67. The van der Waals surface area contributed by atoms with E-state index in [9.17, 15) is 0 Å². The van der Waals surface area contributed by atoms with Crippen molar-refractivity contribution in [3.05, 3.63) is 35.5 Å². The van der Waals surface area contributed by atoms with E-state index in [1.165, 1.54) is 11.3 Å². The molecule has 0 fully saturated rings. The number of hydrogen-bond donors (Lipinski definition) is 2. The second-order valence-electron chi connectivity index (χ2n) is 2.68. The Kier molecular flexibility index (Phi) is 4.53. The smallest absolute Gasteiger partial charge is 0.197 e. The van der Waals surface area contributed by atoms with E-state index in [1.807, 2.05) is 24.3 Å². The highest BCUT2D eigenvalue weighted by Gasteiger charge is 2.02. The van der Waals surface area contributed by atoms with Crippen molar-refractivity contribution in [2.45, 2.75) is 0 Å². The van der Waals surface area contributed by atoms with Crippen molar-refractivity contribution in [2.24, 2.45) is 5.84 Å². The molecule has 3 N–H and O–H groups in total. The molecule has 0 aliphatic rings. The molecule has 0 aliphatic carbocycles. The zero-order chi connectivity index (χ0) is 9.97. The molecule has 1 aromatic carbocycles. The Morgan fingerprint density at radius 3 is 2.47 bits per heavy atom. The highest BCUT2D eigenvalue weighted by atomic mass is 79.9. The minimum atomic E-state index is 0. The Hall–Kier alpha value is -0.620. The molecule has 0 radical (unpaired) electrons. The maximum Gasteiger partial charge on any atom is 0.197 e. The summed E-state index contributed by atoms with van der Waals surface area (Å²) in [6.45, 7) is 0. The molecule has 0 aliphatic heterocycles. The first-order valence-corrected chi connectivity index (χ1v) is 5.17. The lowest BCUT2D eigenvalue weighted by atomic mass is 10.2. The summed E-state index contributed by atoms with van der Waals surface area (Å²) in [5.41, 5.74) is 3.60. The molecule has 0 bridgehead atoms. The summed E-state index contributed by atoms with van der Waals surface area (Å²) in [5.74, 6) is 5.24. The van der Waals surface area contributed by atoms with E-state index in [2.05, 4.69) is 10.4 Å². The molecule has 15 heavy (non-hydrogen) atoms. The number of anilines is 1. The number of aromatic nitrogens is 1. The Bertz CT molecular complexity index is 429. The third-order valence-corrected chi connectivity index (χ3v) is 2.99. The zero-order valence-corrected chi connectivity index (χ0v) is 10.9. The van der Waals surface area contributed by atoms with Gasteiger partial charge in [0, 0.05) is 11.2 Å². The average molecular weight is 307 g/mol. The first kappa shape index (κ1) is 12.4. The molecular weight excluding hydrogens is 298 g/mol. The third kappa shape index (κ3) is 2.92. The van der Waals surface area contributed by atoms with Gasteiger partial charge in [0.25, 0.3) is 0 Å². The van der Waals surface area contributed by atoms with Gasteiger partial charge in [0.1, 0.15) is 0 Å². The Labute approximate surface area is 107 Å². The van der Waals surface area contributed by atoms with Gasteiger partial charge in [-0.3, -0.25) is 5.43 Å². The molecule has 3 nitrogen and oxygen atoms in total. The normalized spacial score (nSPS) is 9.47. The van der Waals surface area contributed by atoms with Gasteiger partial charge in [0.05, 0.1) is 4.88 Å². The number of hydrazine groups is 1. The lowest BCUT2D eigenvalue weighted by Gasteiger charge is -1.95. The van der Waals surface area contributed by atoms with E-state index >= 15 is 0 Å². The third-order valence-electron chi connectivity index (χ3n) is 1.76. The molecular formula is C9H9BrClN3S. The van der Waals surface area contributed by atoms with Gasteiger partial charge in [-0.25, -0.2) is 10.8 Å². The molecule has 2 rings (SSSR count). The van der Waals surface area contributed by atoms with Crippen LogP contribution in [0.25, 0.3) is 10.4 Å². The van der Waals surface area contributed by atoms with E-state index in [4.69, 9.17) is 17.4 Å². The summed E-state index contributed by atoms with van der Waals surface area (Å²) >= 11 is 7.29. The Balaban J connectivity index is 0.00000112. The number of nitrogen functional groups attached to an aromatic ring is 1. The van der Waals surface area contributed by atoms with E-state index in [0.29, 0.717) is 5.13 Å². The molecule has 0 saturated carbocycles. The highest BCUT2D eigenvalue weighted by molar-refractivity contribution is 8.93. The molecule has 0 spiro atoms. The first-order valence-electron chi connectivity index (χ1n) is 3.98. The van der Waals surface area contributed by atoms with Gasteiger partial charge in [-0.05, 0) is 17.7 Å². The number of nitrogens with two attached hydrogens (primary N) is 1. The number of hydrogen-bond acceptors (Lipinski definition) is 4. The fraction of sp³-hybridized carbons (Fsp3) is 0. The van der Waals surface area contributed by atoms with E-state index in [0.717, 1.165) is 15.5 Å². The van der Waals surface area contributed by atoms with Crippen molar-refractivity contribution >= 4 is 45.1 Å². The van der Waals surface area contributed by atoms with Crippen molar-refractivity contribution in [1.29, 1.82) is 0 Å². The summed E-state index contributed by atoms with van der Waals surface area (Å²) < 4.78 is 0. The summed E-state index contributed by atoms with van der Waals surface area (Å²) in [5, 5.41) is 1.44. The summed E-state index contributed by atoms with van der Waals surface area (Å²) in [7, 11) is 0. The van der Waals surface area contributed by atoms with Crippen molar-refractivity contribution in [3.8, 4) is 10.4 Å². The minimum absolute atomic E-state index is 0. The molecule has 0 saturated heterocycles. The lowest BCUT2D eigenvalue weighted by molar-refractivity contribution is 1.29. The van der Waals surface area contributed by atoms with Crippen LogP contribution in [0.5, 0.6) is 0 Å². The van der Waals surface area contributed by atoms with Crippen LogP contribution >= 0.6 is 39.9 Å². The highest BCUT2D eigenvalue weighted by Crippen LogP contribution is 2.28. The zero-order valence-electron chi connectivity index (χ0n) is 7.61. The number of benzene rings is 1. The second kappa shape index (κ2) is 5.46. The summed E-state index contributed by atoms with van der Waals surface area (Å²) in [6, 6.07) is 7.62. The summed E-state index contributed by atoms with van der Waals surface area (Å²) in [6.07, 6.45) is 1.78. The van der Waals surface area contributed by atoms with Crippen LogP contribution < -0.4 is 11.3 Å². The minimum Gasteiger partial charge on any atom is -0.300 e. The Morgan fingerprint density at radius 2 is 1.93 bits per heavy atom. The van der Waals surface area contributed by atoms with Crippen molar-refractivity contribution in [1.82, 2.24) is 4.98 Å². The van der Waals surface area contributed by atoms with Gasteiger partial charge < -0.3 is 0 Å². The van der Waals surface area contributed by atoms with Crippen molar-refractivity contribution in [2.75, 3.05) is 5.43 Å². The van der Waals surface area contributed by atoms with Gasteiger partial charge >= 0.3 is 0 Å². The van der Waals surface area contributed by atoms with Crippen LogP contribution in [0.3, 0.4) is 0 Å². The maximum atomic E-state index is 5.79. The molecule has 0 amide bonds. The molecule has 1 aromatic heterocycles. The predicted octanol–water partition coefficient (Wildman–Crippen LogP) is 3.33. The van der Waals surface area contributed by atoms with E-state index in [-0.39, 0.29) is 17.0 Å². The van der Waals surface area contributed by atoms with Crippen LogP contribution in [0.1, 0.15) is 0 Å². The number of nitrogens with zero attached hydrogens (tertiary/aromatic N) is 1.